The lowest BCUT2D eigenvalue weighted by molar-refractivity contribution is 0.102. The fourth-order valence-corrected chi connectivity index (χ4v) is 2.41. The van der Waals surface area contributed by atoms with Gasteiger partial charge >= 0.3 is 0 Å². The Morgan fingerprint density at radius 1 is 1.30 bits per heavy atom. The molecule has 0 spiro atoms. The van der Waals surface area contributed by atoms with E-state index < -0.39 is 0 Å². The Kier molecular flexibility index (Phi) is 3.30. The number of oxazole rings is 1. The van der Waals surface area contributed by atoms with Crippen molar-refractivity contribution in [1.82, 2.24) is 9.97 Å². The molecule has 6 heteroatoms. The molecule has 0 saturated heterocycles. The molecule has 1 amide bonds. The summed E-state index contributed by atoms with van der Waals surface area (Å²) in [5.74, 6) is 0.496. The molecule has 0 radical (unpaired) electrons. The summed E-state index contributed by atoms with van der Waals surface area (Å²) in [5.41, 5.74) is 2.34. The lowest BCUT2D eigenvalue weighted by Gasteiger charge is -2.02. The fraction of sp³-hybridized carbons (Fsp3) is 0.0714. The van der Waals surface area contributed by atoms with Crippen LogP contribution in [-0.4, -0.2) is 15.9 Å². The summed E-state index contributed by atoms with van der Waals surface area (Å²) in [5, 5.41) is 5.26. The Bertz CT molecular complexity index is 717. The van der Waals surface area contributed by atoms with Gasteiger partial charge in [-0.1, -0.05) is 12.1 Å². The molecule has 0 aliphatic carbocycles. The van der Waals surface area contributed by atoms with E-state index in [-0.39, 0.29) is 5.91 Å². The molecule has 2 heterocycles. The molecule has 3 aromatic rings. The second kappa shape index (κ2) is 5.26. The van der Waals surface area contributed by atoms with E-state index in [1.54, 1.807) is 18.3 Å². The Hall–Kier alpha value is -2.47. The first-order chi connectivity index (χ1) is 9.72. The van der Waals surface area contributed by atoms with Gasteiger partial charge in [-0.05, 0) is 19.1 Å². The maximum absolute atomic E-state index is 12.0. The lowest BCUT2D eigenvalue weighted by atomic mass is 10.1. The maximum Gasteiger partial charge on any atom is 0.257 e. The molecule has 1 aromatic carbocycles. The summed E-state index contributed by atoms with van der Waals surface area (Å²) in [4.78, 5) is 20.1. The third-order valence-electron chi connectivity index (χ3n) is 2.70. The number of anilines is 1. The maximum atomic E-state index is 12.0. The van der Waals surface area contributed by atoms with Crippen LogP contribution in [0.3, 0.4) is 0 Å². The van der Waals surface area contributed by atoms with Crippen LogP contribution in [0.2, 0.25) is 0 Å². The summed E-state index contributed by atoms with van der Waals surface area (Å²) in [6, 6.07) is 7.13. The number of benzene rings is 1. The van der Waals surface area contributed by atoms with E-state index in [1.807, 2.05) is 24.4 Å². The average molecular weight is 285 g/mol. The standard InChI is InChI=1S/C14H11N3O2S/c1-9-7-20-14(16-9)17-13(18)11-4-2-10(3-5-11)12-6-15-8-19-12/h2-8H,1H3,(H,16,17,18). The highest BCUT2D eigenvalue weighted by atomic mass is 32.1. The van der Waals surface area contributed by atoms with Gasteiger partial charge in [-0.2, -0.15) is 0 Å². The second-order valence-corrected chi connectivity index (χ2v) is 5.05. The molecule has 0 saturated carbocycles. The topological polar surface area (TPSA) is 68.0 Å². The Balaban J connectivity index is 1.75. The highest BCUT2D eigenvalue weighted by Gasteiger charge is 2.09. The van der Waals surface area contributed by atoms with E-state index in [0.717, 1.165) is 11.3 Å². The molecule has 20 heavy (non-hydrogen) atoms. The van der Waals surface area contributed by atoms with Gasteiger partial charge in [0.15, 0.2) is 17.3 Å². The molecule has 100 valence electrons. The van der Waals surface area contributed by atoms with Crippen LogP contribution >= 0.6 is 11.3 Å². The van der Waals surface area contributed by atoms with Crippen LogP contribution in [0.25, 0.3) is 11.3 Å². The molecule has 2 aromatic heterocycles. The minimum atomic E-state index is -0.177. The molecule has 3 rings (SSSR count). The largest absolute Gasteiger partial charge is 0.444 e. The zero-order chi connectivity index (χ0) is 13.9. The van der Waals surface area contributed by atoms with Crippen molar-refractivity contribution in [3.63, 3.8) is 0 Å². The molecule has 5 nitrogen and oxygen atoms in total. The van der Waals surface area contributed by atoms with Crippen molar-refractivity contribution in [3.8, 4) is 11.3 Å². The first-order valence-corrected chi connectivity index (χ1v) is 6.83. The van der Waals surface area contributed by atoms with E-state index in [1.165, 1.54) is 17.7 Å². The van der Waals surface area contributed by atoms with E-state index in [2.05, 4.69) is 15.3 Å². The van der Waals surface area contributed by atoms with Crippen molar-refractivity contribution >= 4 is 22.4 Å². The van der Waals surface area contributed by atoms with Gasteiger partial charge in [0.25, 0.3) is 5.91 Å². The number of nitrogens with zero attached hydrogens (tertiary/aromatic N) is 2. The number of aryl methyl sites for hydroxylation is 1. The van der Waals surface area contributed by atoms with Gasteiger partial charge < -0.3 is 4.42 Å². The van der Waals surface area contributed by atoms with Crippen LogP contribution in [0.1, 0.15) is 16.1 Å². The molecule has 0 fully saturated rings. The number of hydrogen-bond donors (Lipinski definition) is 1. The van der Waals surface area contributed by atoms with Gasteiger partial charge in [0, 0.05) is 16.5 Å². The number of aromatic nitrogens is 2. The highest BCUT2D eigenvalue weighted by molar-refractivity contribution is 7.13. The van der Waals surface area contributed by atoms with Crippen LogP contribution in [0.4, 0.5) is 5.13 Å². The number of nitrogens with one attached hydrogen (secondary N) is 1. The van der Waals surface area contributed by atoms with Crippen LogP contribution in [0.5, 0.6) is 0 Å². The number of carbonyl (C=O) groups excluding carboxylic acids is 1. The van der Waals surface area contributed by atoms with E-state index >= 15 is 0 Å². The number of thiazole rings is 1. The predicted molar refractivity (Wildman–Crippen MR) is 76.7 cm³/mol. The lowest BCUT2D eigenvalue weighted by Crippen LogP contribution is -2.11. The quantitative estimate of drug-likeness (QED) is 0.801. The Morgan fingerprint density at radius 2 is 2.10 bits per heavy atom. The molecular weight excluding hydrogens is 274 g/mol. The zero-order valence-corrected chi connectivity index (χ0v) is 11.5. The summed E-state index contributed by atoms with van der Waals surface area (Å²) in [6.07, 6.45) is 3.01. The molecule has 0 aliphatic heterocycles. The normalized spacial score (nSPS) is 10.4. The van der Waals surface area contributed by atoms with E-state index in [4.69, 9.17) is 4.42 Å². The minimum Gasteiger partial charge on any atom is -0.444 e. The summed E-state index contributed by atoms with van der Waals surface area (Å²) in [7, 11) is 0. The molecule has 0 aliphatic rings. The van der Waals surface area contributed by atoms with Gasteiger partial charge in [0.05, 0.1) is 11.9 Å². The van der Waals surface area contributed by atoms with Crippen molar-refractivity contribution in [2.24, 2.45) is 0 Å². The van der Waals surface area contributed by atoms with Crippen LogP contribution < -0.4 is 5.32 Å². The summed E-state index contributed by atoms with van der Waals surface area (Å²) < 4.78 is 5.20. The van der Waals surface area contributed by atoms with Crippen LogP contribution in [0.15, 0.2) is 46.7 Å². The first kappa shape index (κ1) is 12.6. The van der Waals surface area contributed by atoms with E-state index in [0.29, 0.717) is 16.5 Å². The molecular formula is C14H11N3O2S. The Morgan fingerprint density at radius 3 is 2.70 bits per heavy atom. The monoisotopic (exact) mass is 285 g/mol. The van der Waals surface area contributed by atoms with Gasteiger partial charge in [-0.15, -0.1) is 11.3 Å². The summed E-state index contributed by atoms with van der Waals surface area (Å²) in [6.45, 7) is 1.89. The van der Waals surface area contributed by atoms with Gasteiger partial charge in [-0.25, -0.2) is 9.97 Å². The van der Waals surface area contributed by atoms with Crippen molar-refractivity contribution in [3.05, 3.63) is 53.5 Å². The van der Waals surface area contributed by atoms with Crippen molar-refractivity contribution < 1.29 is 9.21 Å². The number of carbonyl (C=O) groups is 1. The molecule has 0 atom stereocenters. The molecule has 1 N–H and O–H groups in total. The number of amides is 1. The third kappa shape index (κ3) is 2.60. The van der Waals surface area contributed by atoms with Gasteiger partial charge in [0.1, 0.15) is 0 Å². The minimum absolute atomic E-state index is 0.177. The van der Waals surface area contributed by atoms with Gasteiger partial charge in [-0.3, -0.25) is 10.1 Å². The third-order valence-corrected chi connectivity index (χ3v) is 3.58. The molecule has 0 bridgehead atoms. The fourth-order valence-electron chi connectivity index (χ4n) is 1.72. The van der Waals surface area contributed by atoms with E-state index in [9.17, 15) is 4.79 Å². The average Bonchev–Trinajstić information content (AvgIpc) is 3.11. The Labute approximate surface area is 119 Å². The van der Waals surface area contributed by atoms with Crippen molar-refractivity contribution in [1.29, 1.82) is 0 Å². The number of rotatable bonds is 3. The van der Waals surface area contributed by atoms with Crippen LogP contribution in [-0.2, 0) is 0 Å². The predicted octanol–water partition coefficient (Wildman–Crippen LogP) is 3.36. The SMILES string of the molecule is Cc1csc(NC(=O)c2ccc(-c3cnco3)cc2)n1. The van der Waals surface area contributed by atoms with Crippen molar-refractivity contribution in [2.75, 3.05) is 5.32 Å². The van der Waals surface area contributed by atoms with Crippen LogP contribution in [0, 0.1) is 6.92 Å². The first-order valence-electron chi connectivity index (χ1n) is 5.95. The molecule has 0 unspecified atom stereocenters. The smallest absolute Gasteiger partial charge is 0.257 e. The number of hydrogen-bond acceptors (Lipinski definition) is 5. The van der Waals surface area contributed by atoms with Gasteiger partial charge in [0.2, 0.25) is 0 Å². The van der Waals surface area contributed by atoms with Crippen molar-refractivity contribution in [2.45, 2.75) is 6.92 Å². The second-order valence-electron chi connectivity index (χ2n) is 4.19. The highest BCUT2D eigenvalue weighted by Crippen LogP contribution is 2.20. The summed E-state index contributed by atoms with van der Waals surface area (Å²) >= 11 is 1.41. The zero-order valence-electron chi connectivity index (χ0n) is 10.7.